The van der Waals surface area contributed by atoms with E-state index in [0.29, 0.717) is 0 Å². The average Bonchev–Trinajstić information content (AvgIpc) is 4.02. The first-order chi connectivity index (χ1) is 33.0. The molecular formula is C65H55NS. The standard InChI is InChI=1S/C65H55NS/c1-40-32-45-35-61-54(45)37-46(33-40)65(61)58-17-9-7-15-51(58)55-34-43(21-28-59(55)65)44-20-26-53-56-38-48(25-29-62(56)67-63(53)36-44)66(47-22-18-42(19-23-47)41-12-4-2-5-13-41)49-24-27-52-50-14-6-8-16-57(50)64(60(52)39-49)30-10-3-11-31-64/h2,4-9,12-29,34,36,38-40,45-46,54,61H,3,10-11,30-33,35,37H2,1H3/t40-,45?,46+,54?,61-,65+/m1/s1. The molecule has 67 heavy (non-hydrogen) atoms. The Hall–Kier alpha value is -6.22. The Morgan fingerprint density at radius 2 is 1.10 bits per heavy atom. The first-order valence-corrected chi connectivity index (χ1v) is 26.3. The third-order valence-corrected chi connectivity index (χ3v) is 19.6. The fraction of sp³-hybridized carbons (Fsp3) is 0.262. The number of hydrogen-bond donors (Lipinski definition) is 0. The van der Waals surface area contributed by atoms with Crippen molar-refractivity contribution in [3.63, 3.8) is 0 Å². The molecule has 0 aliphatic heterocycles. The molecule has 4 fully saturated rings. The van der Waals surface area contributed by atoms with E-state index >= 15 is 0 Å². The number of thiophene rings is 1. The second kappa shape index (κ2) is 14.4. The van der Waals surface area contributed by atoms with Crippen LogP contribution in [0.1, 0.15) is 87.0 Å². The van der Waals surface area contributed by atoms with Crippen LogP contribution in [0, 0.1) is 29.6 Å². The first kappa shape index (κ1) is 38.8. The molecule has 2 bridgehead atoms. The molecule has 2 unspecified atom stereocenters. The van der Waals surface area contributed by atoms with Gasteiger partial charge in [-0.15, -0.1) is 11.3 Å². The Labute approximate surface area is 399 Å². The Bertz CT molecular complexity index is 3460. The van der Waals surface area contributed by atoms with E-state index in [2.05, 4.69) is 188 Å². The molecule has 8 aromatic carbocycles. The van der Waals surface area contributed by atoms with Gasteiger partial charge in [-0.1, -0.05) is 148 Å². The van der Waals surface area contributed by atoms with Crippen molar-refractivity contribution in [3.05, 3.63) is 198 Å². The van der Waals surface area contributed by atoms with Gasteiger partial charge in [-0.2, -0.15) is 0 Å². The summed E-state index contributed by atoms with van der Waals surface area (Å²) in [6.07, 6.45) is 12.0. The van der Waals surface area contributed by atoms with Gasteiger partial charge >= 0.3 is 0 Å². The minimum absolute atomic E-state index is 0.0891. The van der Waals surface area contributed by atoms with Crippen LogP contribution in [0.15, 0.2) is 176 Å². The van der Waals surface area contributed by atoms with Crippen molar-refractivity contribution in [2.45, 2.75) is 75.5 Å². The number of nitrogens with zero attached hydrogens (tertiary/aromatic N) is 1. The van der Waals surface area contributed by atoms with E-state index < -0.39 is 0 Å². The van der Waals surface area contributed by atoms with E-state index in [0.717, 1.165) is 29.6 Å². The largest absolute Gasteiger partial charge is 0.310 e. The van der Waals surface area contributed by atoms with Crippen LogP contribution in [0.3, 0.4) is 0 Å². The number of hydrogen-bond acceptors (Lipinski definition) is 2. The lowest BCUT2D eigenvalue weighted by Crippen LogP contribution is -2.47. The SMILES string of the molecule is C[C@@H]1CC2C[C@@H]3C2C[C@H](C1)[C@@]31c2ccccc2-c2cc(-c3ccc4c(c3)sc3ccc(N(c5ccc(-c6ccccc6)cc5)c5ccc6c(c5)C5(CCCCC5)c5ccccc5-6)cc34)ccc21. The smallest absolute Gasteiger partial charge is 0.0468 e. The molecule has 326 valence electrons. The lowest BCUT2D eigenvalue weighted by Gasteiger charge is -2.51. The van der Waals surface area contributed by atoms with Crippen molar-refractivity contribution in [1.29, 1.82) is 0 Å². The zero-order chi connectivity index (χ0) is 44.0. The summed E-state index contributed by atoms with van der Waals surface area (Å²) in [6, 6.07) is 68.3. The summed E-state index contributed by atoms with van der Waals surface area (Å²) in [5.41, 5.74) is 21.2. The monoisotopic (exact) mass is 881 g/mol. The summed E-state index contributed by atoms with van der Waals surface area (Å²) in [5, 5.41) is 2.66. The Morgan fingerprint density at radius 3 is 1.96 bits per heavy atom. The predicted molar refractivity (Wildman–Crippen MR) is 282 cm³/mol. The zero-order valence-corrected chi connectivity index (χ0v) is 39.2. The molecule has 6 aliphatic carbocycles. The Kier molecular flexibility index (Phi) is 8.35. The molecule has 9 aromatic rings. The normalized spacial score (nSPS) is 24.6. The summed E-state index contributed by atoms with van der Waals surface area (Å²) < 4.78 is 2.69. The van der Waals surface area contributed by atoms with Crippen molar-refractivity contribution in [1.82, 2.24) is 0 Å². The van der Waals surface area contributed by atoms with Gasteiger partial charge in [-0.3, -0.25) is 0 Å². The topological polar surface area (TPSA) is 3.24 Å². The van der Waals surface area contributed by atoms with Crippen molar-refractivity contribution >= 4 is 48.6 Å². The quantitative estimate of drug-likeness (QED) is 0.166. The van der Waals surface area contributed by atoms with Crippen LogP contribution in [-0.4, -0.2) is 0 Å². The maximum absolute atomic E-state index is 2.58. The number of fused-ring (bicyclic) bond motifs is 16. The maximum Gasteiger partial charge on any atom is 0.0468 e. The van der Waals surface area contributed by atoms with E-state index in [1.54, 1.807) is 11.1 Å². The minimum atomic E-state index is 0.0891. The van der Waals surface area contributed by atoms with Gasteiger partial charge in [0.25, 0.3) is 0 Å². The molecule has 1 nitrogen and oxygen atoms in total. The molecule has 6 aliphatic rings. The highest BCUT2D eigenvalue weighted by atomic mass is 32.1. The molecule has 6 atom stereocenters. The highest BCUT2D eigenvalue weighted by molar-refractivity contribution is 7.25. The van der Waals surface area contributed by atoms with Gasteiger partial charge in [0.05, 0.1) is 0 Å². The van der Waals surface area contributed by atoms with E-state index in [1.807, 2.05) is 11.3 Å². The molecule has 1 aromatic heterocycles. The van der Waals surface area contributed by atoms with Gasteiger partial charge in [0.15, 0.2) is 0 Å². The van der Waals surface area contributed by atoms with Gasteiger partial charge in [0.2, 0.25) is 0 Å². The summed E-state index contributed by atoms with van der Waals surface area (Å²) >= 11 is 1.93. The van der Waals surface area contributed by atoms with Gasteiger partial charge in [0.1, 0.15) is 0 Å². The van der Waals surface area contributed by atoms with Crippen LogP contribution in [0.5, 0.6) is 0 Å². The van der Waals surface area contributed by atoms with Crippen molar-refractivity contribution < 1.29 is 0 Å². The second-order valence-electron chi connectivity index (χ2n) is 21.6. The average molecular weight is 882 g/mol. The van der Waals surface area contributed by atoms with Crippen LogP contribution in [0.4, 0.5) is 17.1 Å². The van der Waals surface area contributed by atoms with Crippen LogP contribution in [0.2, 0.25) is 0 Å². The summed E-state index contributed by atoms with van der Waals surface area (Å²) in [5.74, 6) is 4.26. The van der Waals surface area contributed by atoms with E-state index in [9.17, 15) is 0 Å². The Morgan fingerprint density at radius 1 is 0.448 bits per heavy atom. The first-order valence-electron chi connectivity index (χ1n) is 25.5. The molecule has 2 spiro atoms. The molecule has 0 saturated heterocycles. The third-order valence-electron chi connectivity index (χ3n) is 18.5. The zero-order valence-electron chi connectivity index (χ0n) is 38.3. The van der Waals surface area contributed by atoms with E-state index in [-0.39, 0.29) is 10.8 Å². The molecule has 0 radical (unpaired) electrons. The third kappa shape index (κ3) is 5.43. The summed E-state index contributed by atoms with van der Waals surface area (Å²) in [7, 11) is 0. The number of rotatable bonds is 5. The van der Waals surface area contributed by atoms with Crippen molar-refractivity contribution in [3.8, 4) is 44.5 Å². The molecule has 4 saturated carbocycles. The van der Waals surface area contributed by atoms with Gasteiger partial charge in [-0.05, 0) is 189 Å². The lowest BCUT2D eigenvalue weighted by molar-refractivity contribution is 0.0394. The predicted octanol–water partition coefficient (Wildman–Crippen LogP) is 18.1. The van der Waals surface area contributed by atoms with Gasteiger partial charge in [0, 0.05) is 48.1 Å². The summed E-state index contributed by atoms with van der Waals surface area (Å²) in [4.78, 5) is 2.52. The highest BCUT2D eigenvalue weighted by Crippen LogP contribution is 2.73. The van der Waals surface area contributed by atoms with Gasteiger partial charge < -0.3 is 4.90 Å². The number of anilines is 3. The van der Waals surface area contributed by atoms with Crippen LogP contribution >= 0.6 is 11.3 Å². The van der Waals surface area contributed by atoms with E-state index in [4.69, 9.17) is 0 Å². The van der Waals surface area contributed by atoms with Crippen LogP contribution in [-0.2, 0) is 10.8 Å². The summed E-state index contributed by atoms with van der Waals surface area (Å²) in [6.45, 7) is 2.54. The lowest BCUT2D eigenvalue weighted by atomic mass is 9.52. The van der Waals surface area contributed by atoms with Crippen LogP contribution < -0.4 is 4.90 Å². The maximum atomic E-state index is 2.58. The van der Waals surface area contributed by atoms with E-state index in [1.165, 1.54) is 151 Å². The molecular weight excluding hydrogens is 827 g/mol. The number of benzene rings is 8. The molecule has 15 rings (SSSR count). The highest BCUT2D eigenvalue weighted by Gasteiger charge is 2.66. The van der Waals surface area contributed by atoms with Gasteiger partial charge in [-0.25, -0.2) is 0 Å². The van der Waals surface area contributed by atoms with Crippen LogP contribution in [0.25, 0.3) is 64.7 Å². The second-order valence-corrected chi connectivity index (χ2v) is 22.7. The van der Waals surface area contributed by atoms with Crippen molar-refractivity contribution in [2.24, 2.45) is 29.6 Å². The fourth-order valence-corrected chi connectivity index (χ4v) is 16.9. The molecule has 0 amide bonds. The molecule has 2 heteroatoms. The molecule has 1 heterocycles. The fourth-order valence-electron chi connectivity index (χ4n) is 15.8. The Balaban J connectivity index is 0.833. The molecule has 0 N–H and O–H groups in total. The van der Waals surface area contributed by atoms with Crippen molar-refractivity contribution in [2.75, 3.05) is 4.90 Å². The minimum Gasteiger partial charge on any atom is -0.310 e.